The molecule has 0 spiro atoms. The van der Waals surface area contributed by atoms with Crippen LogP contribution in [0.15, 0.2) is 0 Å². The van der Waals surface area contributed by atoms with Crippen LogP contribution in [-0.4, -0.2) is 34.9 Å². The summed E-state index contributed by atoms with van der Waals surface area (Å²) in [7, 11) is 0. The molecule has 0 aromatic carbocycles. The molecule has 1 aliphatic carbocycles. The van der Waals surface area contributed by atoms with Gasteiger partial charge in [0.25, 0.3) is 0 Å². The number of alkyl carbamates (subject to hydrolysis) is 1. The molecule has 116 valence electrons. The van der Waals surface area contributed by atoms with Crippen molar-refractivity contribution in [2.45, 2.75) is 70.6 Å². The molecule has 0 unspecified atom stereocenters. The van der Waals surface area contributed by atoms with Gasteiger partial charge >= 0.3 is 12.1 Å². The number of aliphatic carboxylic acids is 1. The summed E-state index contributed by atoms with van der Waals surface area (Å²) in [6.45, 7) is 5.49. The van der Waals surface area contributed by atoms with Crippen molar-refractivity contribution in [1.82, 2.24) is 5.32 Å². The Morgan fingerprint density at radius 1 is 1.30 bits per heavy atom. The largest absolute Gasteiger partial charge is 0.480 e. The molecule has 1 atom stereocenters. The van der Waals surface area contributed by atoms with Gasteiger partial charge < -0.3 is 20.9 Å². The lowest BCUT2D eigenvalue weighted by atomic mass is 9.82. The van der Waals surface area contributed by atoms with E-state index in [2.05, 4.69) is 5.32 Å². The van der Waals surface area contributed by atoms with Crippen molar-refractivity contribution in [2.24, 2.45) is 11.7 Å². The highest BCUT2D eigenvalue weighted by molar-refractivity contribution is 5.73. The third kappa shape index (κ3) is 6.23. The third-order valence-corrected chi connectivity index (χ3v) is 3.47. The average Bonchev–Trinajstić information content (AvgIpc) is 2.28. The number of hydrogen-bond donors (Lipinski definition) is 3. The molecule has 1 aliphatic rings. The van der Waals surface area contributed by atoms with E-state index in [1.165, 1.54) is 0 Å². The number of carboxylic acid groups (broad SMARTS) is 1. The SMILES string of the molecule is CC(C)(C)OC(=O)NC1CCC(C[C@H](N)C(=O)O)CC1. The van der Waals surface area contributed by atoms with Gasteiger partial charge in [-0.1, -0.05) is 0 Å². The van der Waals surface area contributed by atoms with Gasteiger partial charge in [0.05, 0.1) is 0 Å². The summed E-state index contributed by atoms with van der Waals surface area (Å²) in [5.74, 6) is -0.614. The van der Waals surface area contributed by atoms with Crippen molar-refractivity contribution in [3.63, 3.8) is 0 Å². The fraction of sp³-hybridized carbons (Fsp3) is 0.857. The molecule has 1 fully saturated rings. The lowest BCUT2D eigenvalue weighted by Crippen LogP contribution is -2.41. The Morgan fingerprint density at radius 3 is 2.30 bits per heavy atom. The van der Waals surface area contributed by atoms with Crippen LogP contribution in [0.5, 0.6) is 0 Å². The number of carbonyl (C=O) groups excluding carboxylic acids is 1. The predicted octanol–water partition coefficient (Wildman–Crippen LogP) is 1.87. The van der Waals surface area contributed by atoms with Crippen LogP contribution >= 0.6 is 0 Å². The van der Waals surface area contributed by atoms with Gasteiger partial charge in [0.15, 0.2) is 0 Å². The van der Waals surface area contributed by atoms with Crippen LogP contribution in [0.25, 0.3) is 0 Å². The average molecular weight is 286 g/mol. The third-order valence-electron chi connectivity index (χ3n) is 3.47. The number of carbonyl (C=O) groups is 2. The summed E-state index contributed by atoms with van der Waals surface area (Å²) in [5, 5.41) is 11.7. The summed E-state index contributed by atoms with van der Waals surface area (Å²) in [4.78, 5) is 22.4. The summed E-state index contributed by atoms with van der Waals surface area (Å²) >= 11 is 0. The Bertz CT molecular complexity index is 344. The van der Waals surface area contributed by atoms with E-state index < -0.39 is 17.6 Å². The molecule has 0 radical (unpaired) electrons. The Balaban J connectivity index is 2.29. The summed E-state index contributed by atoms with van der Waals surface area (Å²) in [6, 6.07) is -0.669. The fourth-order valence-corrected chi connectivity index (χ4v) is 2.48. The van der Waals surface area contributed by atoms with Crippen LogP contribution in [0.1, 0.15) is 52.9 Å². The Labute approximate surface area is 120 Å². The maximum atomic E-state index is 11.6. The minimum atomic E-state index is -0.945. The quantitative estimate of drug-likeness (QED) is 0.732. The number of nitrogens with one attached hydrogen (secondary N) is 1. The second-order valence-electron chi connectivity index (χ2n) is 6.54. The summed E-state index contributed by atoms with van der Waals surface area (Å²) < 4.78 is 5.22. The first-order valence-electron chi connectivity index (χ1n) is 7.15. The summed E-state index contributed by atoms with van der Waals surface area (Å²) in [6.07, 6.45) is 3.59. The first-order chi connectivity index (χ1) is 9.17. The normalized spacial score (nSPS) is 24.8. The first kappa shape index (κ1) is 16.8. The van der Waals surface area contributed by atoms with Gasteiger partial charge in [0.2, 0.25) is 0 Å². The molecule has 20 heavy (non-hydrogen) atoms. The molecule has 0 aromatic rings. The minimum Gasteiger partial charge on any atom is -0.480 e. The van der Waals surface area contributed by atoms with Gasteiger partial charge in [0, 0.05) is 6.04 Å². The van der Waals surface area contributed by atoms with Gasteiger partial charge in [-0.25, -0.2) is 4.79 Å². The van der Waals surface area contributed by atoms with Crippen molar-refractivity contribution in [2.75, 3.05) is 0 Å². The molecule has 0 aliphatic heterocycles. The highest BCUT2D eigenvalue weighted by Gasteiger charge is 2.27. The van der Waals surface area contributed by atoms with Crippen LogP contribution < -0.4 is 11.1 Å². The van der Waals surface area contributed by atoms with E-state index in [4.69, 9.17) is 15.6 Å². The van der Waals surface area contributed by atoms with Gasteiger partial charge in [0.1, 0.15) is 11.6 Å². The van der Waals surface area contributed by atoms with Crippen LogP contribution in [0.4, 0.5) is 4.79 Å². The lowest BCUT2D eigenvalue weighted by Gasteiger charge is -2.30. The molecule has 0 saturated heterocycles. The Kier molecular flexibility index (Phi) is 5.80. The van der Waals surface area contributed by atoms with Gasteiger partial charge in [-0.2, -0.15) is 0 Å². The number of rotatable bonds is 4. The summed E-state index contributed by atoms with van der Waals surface area (Å²) in [5.41, 5.74) is 5.05. The van der Waals surface area contributed by atoms with E-state index in [9.17, 15) is 9.59 Å². The van der Waals surface area contributed by atoms with E-state index in [1.807, 2.05) is 20.8 Å². The number of carboxylic acids is 1. The van der Waals surface area contributed by atoms with E-state index >= 15 is 0 Å². The molecule has 1 amide bonds. The first-order valence-corrected chi connectivity index (χ1v) is 7.15. The highest BCUT2D eigenvalue weighted by atomic mass is 16.6. The van der Waals surface area contributed by atoms with Crippen LogP contribution in [0, 0.1) is 5.92 Å². The monoisotopic (exact) mass is 286 g/mol. The number of hydrogen-bond acceptors (Lipinski definition) is 4. The van der Waals surface area contributed by atoms with Crippen molar-refractivity contribution in [1.29, 1.82) is 0 Å². The molecular formula is C14H26N2O4. The zero-order valence-corrected chi connectivity index (χ0v) is 12.5. The molecular weight excluding hydrogens is 260 g/mol. The molecule has 4 N–H and O–H groups in total. The van der Waals surface area contributed by atoms with E-state index in [0.29, 0.717) is 12.3 Å². The highest BCUT2D eigenvalue weighted by Crippen LogP contribution is 2.27. The minimum absolute atomic E-state index is 0.113. The van der Waals surface area contributed by atoms with Crippen LogP contribution in [0.3, 0.4) is 0 Å². The molecule has 6 heteroatoms. The van der Waals surface area contributed by atoms with Crippen molar-refractivity contribution in [3.8, 4) is 0 Å². The topological polar surface area (TPSA) is 102 Å². The van der Waals surface area contributed by atoms with E-state index in [0.717, 1.165) is 25.7 Å². The fourth-order valence-electron chi connectivity index (χ4n) is 2.48. The number of nitrogens with two attached hydrogens (primary N) is 1. The maximum Gasteiger partial charge on any atom is 0.407 e. The van der Waals surface area contributed by atoms with Gasteiger partial charge in [-0.15, -0.1) is 0 Å². The number of ether oxygens (including phenoxy) is 1. The smallest absolute Gasteiger partial charge is 0.407 e. The van der Waals surface area contributed by atoms with E-state index in [1.54, 1.807) is 0 Å². The van der Waals surface area contributed by atoms with Crippen molar-refractivity contribution < 1.29 is 19.4 Å². The van der Waals surface area contributed by atoms with E-state index in [-0.39, 0.29) is 12.1 Å². The Morgan fingerprint density at radius 2 is 1.85 bits per heavy atom. The lowest BCUT2D eigenvalue weighted by molar-refractivity contribution is -0.139. The molecule has 1 saturated carbocycles. The van der Waals surface area contributed by atoms with Gasteiger partial charge in [-0.05, 0) is 58.8 Å². The van der Waals surface area contributed by atoms with Crippen LogP contribution in [0.2, 0.25) is 0 Å². The zero-order valence-electron chi connectivity index (χ0n) is 12.5. The molecule has 0 aromatic heterocycles. The molecule has 6 nitrogen and oxygen atoms in total. The molecule has 1 rings (SSSR count). The Hall–Kier alpha value is -1.30. The second kappa shape index (κ2) is 6.92. The van der Waals surface area contributed by atoms with Crippen molar-refractivity contribution in [3.05, 3.63) is 0 Å². The predicted molar refractivity (Wildman–Crippen MR) is 75.3 cm³/mol. The number of amides is 1. The second-order valence-corrected chi connectivity index (χ2v) is 6.54. The molecule has 0 heterocycles. The van der Waals surface area contributed by atoms with Crippen molar-refractivity contribution >= 4 is 12.1 Å². The zero-order chi connectivity index (χ0) is 15.3. The van der Waals surface area contributed by atoms with Crippen LogP contribution in [-0.2, 0) is 9.53 Å². The molecule has 0 bridgehead atoms. The standard InChI is InChI=1S/C14H26N2O4/c1-14(2,3)20-13(19)16-10-6-4-9(5-7-10)8-11(15)12(17)18/h9-11H,4-8,15H2,1-3H3,(H,16,19)(H,17,18)/t9?,10?,11-/m0/s1. The van der Waals surface area contributed by atoms with Gasteiger partial charge in [-0.3, -0.25) is 4.79 Å². The maximum absolute atomic E-state index is 11.6.